The van der Waals surface area contributed by atoms with E-state index in [4.69, 9.17) is 10.5 Å². The number of ether oxygens (including phenoxy) is 1. The zero-order valence-corrected chi connectivity index (χ0v) is 16.3. The Morgan fingerprint density at radius 2 is 1.82 bits per heavy atom. The molecule has 0 aliphatic rings. The second-order valence-corrected chi connectivity index (χ2v) is 7.24. The minimum absolute atomic E-state index is 0.306. The molecular formula is C22H24N4O2. The van der Waals surface area contributed by atoms with Gasteiger partial charge in [-0.15, -0.1) is 0 Å². The standard InChI is InChI=1S/C22H24N4O2/c1-22(2,21(23)27)13-15-8-10-16(11-9-15)26-20-12-18(24-14-25-20)17-6-4-5-7-19(17)28-3/h4-12,14H,13H2,1-3H3,(H2,23,27)(H,24,25,26). The number of nitrogens with two attached hydrogens (primary N) is 1. The van der Waals surface area contributed by atoms with Crippen LogP contribution in [0, 0.1) is 5.41 Å². The number of anilines is 2. The van der Waals surface area contributed by atoms with E-state index in [1.165, 1.54) is 6.33 Å². The first-order valence-electron chi connectivity index (χ1n) is 9.00. The van der Waals surface area contributed by atoms with Crippen molar-refractivity contribution in [1.29, 1.82) is 0 Å². The number of benzene rings is 2. The number of rotatable bonds is 7. The average Bonchev–Trinajstić information content (AvgIpc) is 2.69. The van der Waals surface area contributed by atoms with Crippen LogP contribution in [0.4, 0.5) is 11.5 Å². The van der Waals surface area contributed by atoms with Gasteiger partial charge in [0.05, 0.1) is 12.8 Å². The fraction of sp³-hybridized carbons (Fsp3) is 0.227. The second kappa shape index (κ2) is 8.08. The molecule has 3 rings (SSSR count). The summed E-state index contributed by atoms with van der Waals surface area (Å²) in [5.74, 6) is 1.13. The Hall–Kier alpha value is -3.41. The van der Waals surface area contributed by atoms with Crippen LogP contribution in [0.25, 0.3) is 11.3 Å². The number of amides is 1. The van der Waals surface area contributed by atoms with Gasteiger partial charge in [-0.2, -0.15) is 0 Å². The maximum absolute atomic E-state index is 11.5. The normalized spacial score (nSPS) is 11.1. The van der Waals surface area contributed by atoms with Gasteiger partial charge in [-0.1, -0.05) is 38.1 Å². The minimum atomic E-state index is -0.578. The number of nitrogens with zero attached hydrogens (tertiary/aromatic N) is 2. The highest BCUT2D eigenvalue weighted by Crippen LogP contribution is 2.29. The Kier molecular flexibility index (Phi) is 5.59. The summed E-state index contributed by atoms with van der Waals surface area (Å²) in [6.45, 7) is 3.70. The zero-order valence-electron chi connectivity index (χ0n) is 16.3. The highest BCUT2D eigenvalue weighted by molar-refractivity contribution is 5.80. The molecular weight excluding hydrogens is 352 g/mol. The number of methoxy groups -OCH3 is 1. The first kappa shape index (κ1) is 19.4. The molecule has 0 atom stereocenters. The van der Waals surface area contributed by atoms with E-state index in [0.29, 0.717) is 12.2 Å². The van der Waals surface area contributed by atoms with Crippen LogP contribution in [0.1, 0.15) is 19.4 Å². The highest BCUT2D eigenvalue weighted by atomic mass is 16.5. The smallest absolute Gasteiger partial charge is 0.223 e. The van der Waals surface area contributed by atoms with Gasteiger partial charge in [-0.25, -0.2) is 9.97 Å². The van der Waals surface area contributed by atoms with Crippen molar-refractivity contribution in [2.75, 3.05) is 12.4 Å². The number of nitrogens with one attached hydrogen (secondary N) is 1. The largest absolute Gasteiger partial charge is 0.496 e. The zero-order chi connectivity index (χ0) is 20.1. The van der Waals surface area contributed by atoms with E-state index in [9.17, 15) is 4.79 Å². The summed E-state index contributed by atoms with van der Waals surface area (Å²) in [5.41, 5.74) is 8.50. The molecule has 0 unspecified atom stereocenters. The molecule has 3 aromatic rings. The number of hydrogen-bond acceptors (Lipinski definition) is 5. The maximum Gasteiger partial charge on any atom is 0.223 e. The van der Waals surface area contributed by atoms with E-state index in [0.717, 1.165) is 28.3 Å². The van der Waals surface area contributed by atoms with Gasteiger partial charge in [0, 0.05) is 22.7 Å². The molecule has 0 saturated carbocycles. The molecule has 0 aliphatic heterocycles. The van der Waals surface area contributed by atoms with Crippen molar-refractivity contribution in [2.24, 2.45) is 11.1 Å². The molecule has 0 radical (unpaired) electrons. The van der Waals surface area contributed by atoms with Crippen molar-refractivity contribution >= 4 is 17.4 Å². The predicted octanol–water partition coefficient (Wildman–Crippen LogP) is 3.95. The first-order valence-corrected chi connectivity index (χ1v) is 9.00. The van der Waals surface area contributed by atoms with Crippen LogP contribution < -0.4 is 15.8 Å². The molecule has 0 spiro atoms. The molecule has 1 aromatic heterocycles. The van der Waals surface area contributed by atoms with Crippen molar-refractivity contribution in [3.05, 3.63) is 66.5 Å². The molecule has 28 heavy (non-hydrogen) atoms. The van der Waals surface area contributed by atoms with Crippen LogP contribution in [0.15, 0.2) is 60.9 Å². The Morgan fingerprint density at radius 1 is 1.11 bits per heavy atom. The lowest BCUT2D eigenvalue weighted by atomic mass is 9.85. The van der Waals surface area contributed by atoms with Crippen molar-refractivity contribution < 1.29 is 9.53 Å². The summed E-state index contributed by atoms with van der Waals surface area (Å²) in [5, 5.41) is 3.28. The third-order valence-electron chi connectivity index (χ3n) is 4.59. The van der Waals surface area contributed by atoms with E-state index < -0.39 is 5.41 Å². The van der Waals surface area contributed by atoms with E-state index >= 15 is 0 Å². The summed E-state index contributed by atoms with van der Waals surface area (Å²) in [6.07, 6.45) is 2.11. The van der Waals surface area contributed by atoms with Gasteiger partial charge >= 0.3 is 0 Å². The molecule has 6 nitrogen and oxygen atoms in total. The SMILES string of the molecule is COc1ccccc1-c1cc(Nc2ccc(CC(C)(C)C(N)=O)cc2)ncn1. The lowest BCUT2D eigenvalue weighted by Crippen LogP contribution is -2.33. The third kappa shape index (κ3) is 4.46. The molecule has 144 valence electrons. The average molecular weight is 376 g/mol. The molecule has 0 aliphatic carbocycles. The Labute approximate surface area is 164 Å². The van der Waals surface area contributed by atoms with Crippen molar-refractivity contribution in [2.45, 2.75) is 20.3 Å². The first-order chi connectivity index (χ1) is 13.4. The van der Waals surface area contributed by atoms with Gasteiger partial charge in [0.15, 0.2) is 0 Å². The molecule has 3 N–H and O–H groups in total. The quantitative estimate of drug-likeness (QED) is 0.652. The van der Waals surface area contributed by atoms with Crippen LogP contribution in [0.5, 0.6) is 5.75 Å². The number of carbonyl (C=O) groups is 1. The van der Waals surface area contributed by atoms with Crippen molar-refractivity contribution in [3.63, 3.8) is 0 Å². The number of para-hydroxylation sites is 1. The van der Waals surface area contributed by atoms with Crippen LogP contribution in [0.3, 0.4) is 0 Å². The molecule has 0 bridgehead atoms. The van der Waals surface area contributed by atoms with Gasteiger partial charge in [-0.05, 0) is 36.2 Å². The molecule has 0 saturated heterocycles. The molecule has 2 aromatic carbocycles. The Bertz CT molecular complexity index is 968. The maximum atomic E-state index is 11.5. The highest BCUT2D eigenvalue weighted by Gasteiger charge is 2.25. The van der Waals surface area contributed by atoms with Crippen LogP contribution in [-0.4, -0.2) is 23.0 Å². The Morgan fingerprint density at radius 3 is 2.50 bits per heavy atom. The van der Waals surface area contributed by atoms with E-state index in [2.05, 4.69) is 15.3 Å². The summed E-state index contributed by atoms with van der Waals surface area (Å²) in [6, 6.07) is 17.5. The van der Waals surface area contributed by atoms with E-state index in [-0.39, 0.29) is 5.91 Å². The number of carbonyl (C=O) groups excluding carboxylic acids is 1. The van der Waals surface area contributed by atoms with Crippen LogP contribution in [-0.2, 0) is 11.2 Å². The van der Waals surface area contributed by atoms with Gasteiger partial charge in [0.2, 0.25) is 5.91 Å². The van der Waals surface area contributed by atoms with Crippen molar-refractivity contribution in [1.82, 2.24) is 9.97 Å². The second-order valence-electron chi connectivity index (χ2n) is 7.24. The van der Waals surface area contributed by atoms with Crippen molar-refractivity contribution in [3.8, 4) is 17.0 Å². The van der Waals surface area contributed by atoms with E-state index in [1.54, 1.807) is 7.11 Å². The topological polar surface area (TPSA) is 90.1 Å². The van der Waals surface area contributed by atoms with Gasteiger partial charge in [0.1, 0.15) is 17.9 Å². The number of hydrogen-bond donors (Lipinski definition) is 2. The summed E-state index contributed by atoms with van der Waals surface area (Å²) < 4.78 is 5.41. The van der Waals surface area contributed by atoms with Crippen LogP contribution >= 0.6 is 0 Å². The number of primary amides is 1. The third-order valence-corrected chi connectivity index (χ3v) is 4.59. The lowest BCUT2D eigenvalue weighted by molar-refractivity contribution is -0.125. The summed E-state index contributed by atoms with van der Waals surface area (Å²) in [7, 11) is 1.64. The fourth-order valence-corrected chi connectivity index (χ4v) is 2.88. The summed E-state index contributed by atoms with van der Waals surface area (Å²) >= 11 is 0. The van der Waals surface area contributed by atoms with Gasteiger partial charge < -0.3 is 15.8 Å². The number of aromatic nitrogens is 2. The molecule has 1 heterocycles. The monoisotopic (exact) mass is 376 g/mol. The minimum Gasteiger partial charge on any atom is -0.496 e. The Balaban J connectivity index is 1.77. The van der Waals surface area contributed by atoms with Gasteiger partial charge in [0.25, 0.3) is 0 Å². The summed E-state index contributed by atoms with van der Waals surface area (Å²) in [4.78, 5) is 20.2. The molecule has 1 amide bonds. The predicted molar refractivity (Wildman–Crippen MR) is 110 cm³/mol. The molecule has 6 heteroatoms. The molecule has 0 fully saturated rings. The lowest BCUT2D eigenvalue weighted by Gasteiger charge is -2.20. The van der Waals surface area contributed by atoms with E-state index in [1.807, 2.05) is 68.4 Å². The van der Waals surface area contributed by atoms with Gasteiger partial charge in [-0.3, -0.25) is 4.79 Å². The van der Waals surface area contributed by atoms with Crippen LogP contribution in [0.2, 0.25) is 0 Å². The fourth-order valence-electron chi connectivity index (χ4n) is 2.88.